The average molecular weight is 401 g/mol. The quantitative estimate of drug-likeness (QED) is 0.506. The third-order valence-corrected chi connectivity index (χ3v) is 5.58. The van der Waals surface area contributed by atoms with Gasteiger partial charge >= 0.3 is 13.3 Å². The number of hydrogen-bond donors (Lipinski definition) is 2. The van der Waals surface area contributed by atoms with Crippen LogP contribution in [-0.4, -0.2) is 15.5 Å². The smallest absolute Gasteiger partial charge is 0.320 e. The van der Waals surface area contributed by atoms with Crippen molar-refractivity contribution in [2.24, 2.45) is 0 Å². The predicted molar refractivity (Wildman–Crippen MR) is 85.7 cm³/mol. The van der Waals surface area contributed by atoms with Gasteiger partial charge in [-0.25, -0.2) is 0 Å². The Bertz CT molecular complexity index is 575. The van der Waals surface area contributed by atoms with E-state index in [1.807, 2.05) is 6.92 Å². The Balaban J connectivity index is 2.87. The molecule has 0 aliphatic rings. The van der Waals surface area contributed by atoms with E-state index in [1.54, 1.807) is 11.8 Å². The average Bonchev–Trinajstić information content (AvgIpc) is 2.37. The minimum atomic E-state index is -5.55. The van der Waals surface area contributed by atoms with Crippen LogP contribution in [0.4, 0.5) is 8.78 Å². The lowest BCUT2D eigenvalue weighted by molar-refractivity contribution is 0.0557. The molecule has 0 heterocycles. The molecule has 2 N–H and O–H groups in total. The fourth-order valence-corrected chi connectivity index (χ4v) is 3.81. The summed E-state index contributed by atoms with van der Waals surface area (Å²) in [6.45, 7) is 5.89. The molecule has 0 spiro atoms. The van der Waals surface area contributed by atoms with E-state index in [9.17, 15) is 13.3 Å². The van der Waals surface area contributed by atoms with E-state index in [2.05, 4.69) is 22.5 Å². The Morgan fingerprint density at radius 1 is 1.48 bits per heavy atom. The van der Waals surface area contributed by atoms with Gasteiger partial charge in [-0.15, -0.1) is 0 Å². The molecule has 3 nitrogen and oxygen atoms in total. The van der Waals surface area contributed by atoms with Gasteiger partial charge in [-0.1, -0.05) is 47.1 Å². The molecule has 21 heavy (non-hydrogen) atoms. The fraction of sp³-hybridized carbons (Fsp3) is 0.385. The highest BCUT2D eigenvalue weighted by Crippen LogP contribution is 2.60. The first-order chi connectivity index (χ1) is 9.59. The lowest BCUT2D eigenvalue weighted by Gasteiger charge is -2.19. The molecular weight excluding hydrogens is 385 g/mol. The molecule has 0 atom stereocenters. The van der Waals surface area contributed by atoms with Crippen LogP contribution in [-0.2, 0) is 16.0 Å². The molecule has 118 valence electrons. The van der Waals surface area contributed by atoms with Crippen LogP contribution in [0, 0.1) is 0 Å². The number of alkyl halides is 2. The zero-order valence-electron chi connectivity index (χ0n) is 11.4. The third-order valence-electron chi connectivity index (χ3n) is 2.80. The van der Waals surface area contributed by atoms with Crippen molar-refractivity contribution in [2.75, 3.05) is 5.75 Å². The number of benzene rings is 1. The zero-order valence-corrected chi connectivity index (χ0v) is 14.6. The van der Waals surface area contributed by atoms with Gasteiger partial charge < -0.3 is 9.79 Å². The molecule has 0 amide bonds. The lowest BCUT2D eigenvalue weighted by atomic mass is 10.1. The molecule has 1 rings (SSSR count). The van der Waals surface area contributed by atoms with Gasteiger partial charge in [0.2, 0.25) is 0 Å². The second-order valence-electron chi connectivity index (χ2n) is 4.50. The molecule has 8 heteroatoms. The molecule has 0 fully saturated rings. The minimum absolute atomic E-state index is 0.0109. The molecule has 0 saturated heterocycles. The maximum absolute atomic E-state index is 13.6. The van der Waals surface area contributed by atoms with Crippen LogP contribution in [0.15, 0.2) is 34.8 Å². The molecule has 0 radical (unpaired) electrons. The van der Waals surface area contributed by atoms with Crippen LogP contribution in [0.5, 0.6) is 0 Å². The van der Waals surface area contributed by atoms with Crippen LogP contribution >= 0.6 is 35.3 Å². The van der Waals surface area contributed by atoms with E-state index in [-0.39, 0.29) is 4.47 Å². The van der Waals surface area contributed by atoms with Crippen LogP contribution < -0.4 is 0 Å². The molecular formula is C13H16BrF2O3PS. The van der Waals surface area contributed by atoms with Gasteiger partial charge in [-0.05, 0) is 18.1 Å². The summed E-state index contributed by atoms with van der Waals surface area (Å²) in [5.41, 5.74) is -3.01. The zero-order chi connectivity index (χ0) is 16.3. The van der Waals surface area contributed by atoms with Gasteiger partial charge in [0.15, 0.2) is 0 Å². The molecule has 0 aromatic heterocycles. The molecule has 1 aromatic carbocycles. The number of rotatable bonds is 7. The van der Waals surface area contributed by atoms with Crippen molar-refractivity contribution in [2.45, 2.75) is 24.8 Å². The summed E-state index contributed by atoms with van der Waals surface area (Å²) in [7, 11) is -5.55. The van der Waals surface area contributed by atoms with Gasteiger partial charge in [-0.3, -0.25) is 4.57 Å². The number of hydrogen-bond acceptors (Lipinski definition) is 2. The standard InChI is InChI=1S/C13H16BrF2O3PS/c1-3-9(2)7-21-8-10-4-5-11(12(14)6-10)13(15,16)20(17,18)19/h4-6H,2-3,7-8H2,1H3,(H2,17,18,19). The highest BCUT2D eigenvalue weighted by atomic mass is 79.9. The van der Waals surface area contributed by atoms with Crippen molar-refractivity contribution in [1.82, 2.24) is 0 Å². The monoisotopic (exact) mass is 400 g/mol. The van der Waals surface area contributed by atoms with Gasteiger partial charge in [-0.2, -0.15) is 20.5 Å². The van der Waals surface area contributed by atoms with Gasteiger partial charge in [0.25, 0.3) is 0 Å². The van der Waals surface area contributed by atoms with Crippen LogP contribution in [0.25, 0.3) is 0 Å². The summed E-state index contributed by atoms with van der Waals surface area (Å²) < 4.78 is 38.2. The fourth-order valence-electron chi connectivity index (χ4n) is 1.46. The van der Waals surface area contributed by atoms with Crippen LogP contribution in [0.3, 0.4) is 0 Å². The summed E-state index contributed by atoms with van der Waals surface area (Å²) in [6, 6.07) is 3.96. The van der Waals surface area contributed by atoms with E-state index >= 15 is 0 Å². The second-order valence-corrected chi connectivity index (χ2v) is 7.99. The molecule has 0 aliphatic carbocycles. The Labute approximate surface area is 135 Å². The van der Waals surface area contributed by atoms with E-state index in [4.69, 9.17) is 9.79 Å². The first kappa shape index (κ1) is 18.8. The van der Waals surface area contributed by atoms with E-state index < -0.39 is 18.8 Å². The molecule has 0 aliphatic heterocycles. The summed E-state index contributed by atoms with van der Waals surface area (Å²) in [6.07, 6.45) is 0.893. The molecule has 0 saturated carbocycles. The lowest BCUT2D eigenvalue weighted by Crippen LogP contribution is -2.14. The van der Waals surface area contributed by atoms with E-state index in [0.29, 0.717) is 5.75 Å². The van der Waals surface area contributed by atoms with Crippen molar-refractivity contribution in [3.63, 3.8) is 0 Å². The SMILES string of the molecule is C=C(CC)CSCc1ccc(C(F)(F)P(=O)(O)O)c(Br)c1. The van der Waals surface area contributed by atoms with Gasteiger partial charge in [0, 0.05) is 21.5 Å². The summed E-state index contributed by atoms with van der Waals surface area (Å²) >= 11 is 4.56. The van der Waals surface area contributed by atoms with Crippen molar-refractivity contribution in [1.29, 1.82) is 0 Å². The van der Waals surface area contributed by atoms with Crippen molar-refractivity contribution >= 4 is 35.3 Å². The van der Waals surface area contributed by atoms with Crippen molar-refractivity contribution in [3.05, 3.63) is 46.0 Å². The second kappa shape index (κ2) is 7.38. The molecule has 0 unspecified atom stereocenters. The summed E-state index contributed by atoms with van der Waals surface area (Å²) in [5, 5.41) is 0. The minimum Gasteiger partial charge on any atom is -0.320 e. The van der Waals surface area contributed by atoms with Crippen LogP contribution in [0.2, 0.25) is 0 Å². The van der Waals surface area contributed by atoms with E-state index in [1.165, 1.54) is 12.1 Å². The first-order valence-corrected chi connectivity index (χ1v) is 9.62. The van der Waals surface area contributed by atoms with Gasteiger partial charge in [0.1, 0.15) is 0 Å². The molecule has 0 bridgehead atoms. The van der Waals surface area contributed by atoms with Gasteiger partial charge in [0.05, 0.1) is 0 Å². The summed E-state index contributed by atoms with van der Waals surface area (Å²) in [5.74, 6) is 1.40. The summed E-state index contributed by atoms with van der Waals surface area (Å²) in [4.78, 5) is 17.5. The van der Waals surface area contributed by atoms with Crippen LogP contribution in [0.1, 0.15) is 24.5 Å². The largest absolute Gasteiger partial charge is 0.399 e. The Morgan fingerprint density at radius 2 is 2.10 bits per heavy atom. The Kier molecular flexibility index (Phi) is 6.62. The Hall–Kier alpha value is -0.200. The normalized spacial score (nSPS) is 12.5. The first-order valence-electron chi connectivity index (χ1n) is 6.06. The van der Waals surface area contributed by atoms with Crippen molar-refractivity contribution in [3.8, 4) is 0 Å². The molecule has 1 aromatic rings. The van der Waals surface area contributed by atoms with Crippen molar-refractivity contribution < 1.29 is 23.1 Å². The Morgan fingerprint density at radius 3 is 2.57 bits per heavy atom. The number of halogens is 3. The highest BCUT2D eigenvalue weighted by molar-refractivity contribution is 9.10. The predicted octanol–water partition coefficient (Wildman–Crippen LogP) is 4.88. The third kappa shape index (κ3) is 4.89. The number of thioether (sulfide) groups is 1. The highest BCUT2D eigenvalue weighted by Gasteiger charge is 2.51. The maximum atomic E-state index is 13.6. The maximum Gasteiger partial charge on any atom is 0.399 e. The topological polar surface area (TPSA) is 57.5 Å². The van der Waals surface area contributed by atoms with E-state index in [0.717, 1.165) is 29.4 Å².